The molecule has 0 aromatic carbocycles. The zero-order valence-corrected chi connectivity index (χ0v) is 22.1. The lowest BCUT2D eigenvalue weighted by Gasteiger charge is -2.50. The molecule has 0 spiro atoms. The summed E-state index contributed by atoms with van der Waals surface area (Å²) in [6, 6.07) is 3.72. The van der Waals surface area contributed by atoms with Crippen molar-refractivity contribution in [2.24, 2.45) is 28.6 Å². The lowest BCUT2D eigenvalue weighted by molar-refractivity contribution is -0.137. The quantitative estimate of drug-likeness (QED) is 0.204. The third-order valence-electron chi connectivity index (χ3n) is 9.18. The highest BCUT2D eigenvalue weighted by molar-refractivity contribution is 6.73. The Bertz CT molecular complexity index is 587. The van der Waals surface area contributed by atoms with Crippen LogP contribution in [0.3, 0.4) is 0 Å². The van der Waals surface area contributed by atoms with Gasteiger partial charge < -0.3 is 9.16 Å². The first-order valence-electron chi connectivity index (χ1n) is 12.6. The van der Waals surface area contributed by atoms with Crippen LogP contribution in [0.15, 0.2) is 12.2 Å². The molecule has 2 aliphatic carbocycles. The molecule has 0 aromatic heterocycles. The maximum absolute atomic E-state index is 11.9. The van der Waals surface area contributed by atoms with Crippen LogP contribution in [0, 0.1) is 28.6 Å². The summed E-state index contributed by atoms with van der Waals surface area (Å²) in [5.41, 5.74) is 0.324. The van der Waals surface area contributed by atoms with E-state index in [-0.39, 0.29) is 11.4 Å². The van der Waals surface area contributed by atoms with E-state index in [0.717, 1.165) is 0 Å². The molecule has 0 aromatic rings. The maximum atomic E-state index is 11.9. The summed E-state index contributed by atoms with van der Waals surface area (Å²) in [5, 5.41) is 0. The van der Waals surface area contributed by atoms with Gasteiger partial charge in [-0.1, -0.05) is 61.0 Å². The molecule has 0 unspecified atom stereocenters. The van der Waals surface area contributed by atoms with Crippen molar-refractivity contribution in [3.63, 3.8) is 0 Å². The highest BCUT2D eigenvalue weighted by Crippen LogP contribution is 2.61. The largest absolute Gasteiger partial charge is 0.463 e. The normalized spacial score (nSPS) is 31.0. The summed E-state index contributed by atoms with van der Waals surface area (Å²) in [5.74, 6) is 1.67. The van der Waals surface area contributed by atoms with Gasteiger partial charge in [0.15, 0.2) is 8.32 Å². The van der Waals surface area contributed by atoms with Gasteiger partial charge in [0.05, 0.1) is 6.61 Å². The minimum absolute atomic E-state index is 0.0299. The number of fused-ring (bicyclic) bond motifs is 1. The van der Waals surface area contributed by atoms with Crippen molar-refractivity contribution >= 4 is 14.3 Å². The predicted octanol–water partition coefficient (Wildman–Crippen LogP) is 7.37. The Balaban J connectivity index is 2.18. The van der Waals surface area contributed by atoms with Crippen molar-refractivity contribution < 1.29 is 14.0 Å². The second-order valence-corrected chi connectivity index (χ2v) is 15.5. The second-order valence-electron chi connectivity index (χ2n) is 10.8. The second kappa shape index (κ2) is 10.3. The van der Waals surface area contributed by atoms with Crippen molar-refractivity contribution in [1.82, 2.24) is 0 Å². The van der Waals surface area contributed by atoms with Crippen LogP contribution in [-0.2, 0) is 14.0 Å². The minimum Gasteiger partial charge on any atom is -0.463 e. The Morgan fingerprint density at radius 3 is 2.33 bits per heavy atom. The number of hydrogen-bond donors (Lipinski definition) is 0. The van der Waals surface area contributed by atoms with E-state index in [2.05, 4.69) is 54.5 Å². The van der Waals surface area contributed by atoms with Crippen LogP contribution in [0.4, 0.5) is 0 Å². The molecule has 2 saturated carbocycles. The summed E-state index contributed by atoms with van der Waals surface area (Å²) in [6.07, 6.45) is 10.7. The molecule has 0 aliphatic heterocycles. The molecule has 2 fully saturated rings. The molecular formula is C26H48O3Si. The van der Waals surface area contributed by atoms with Crippen molar-refractivity contribution in [3.8, 4) is 0 Å². The Morgan fingerprint density at radius 1 is 1.13 bits per heavy atom. The molecule has 2 rings (SSSR count). The smallest absolute Gasteiger partial charge is 0.330 e. The van der Waals surface area contributed by atoms with Gasteiger partial charge in [0.1, 0.15) is 0 Å². The van der Waals surface area contributed by atoms with Gasteiger partial charge in [0.2, 0.25) is 0 Å². The fourth-order valence-electron chi connectivity index (χ4n) is 6.59. The van der Waals surface area contributed by atoms with Gasteiger partial charge in [-0.25, -0.2) is 4.79 Å². The number of carbonyl (C=O) groups excluding carboxylic acids is 1. The molecular weight excluding hydrogens is 388 g/mol. The molecule has 2 aliphatic rings. The molecule has 0 amide bonds. The number of esters is 1. The molecule has 0 bridgehead atoms. The number of rotatable bonds is 10. The van der Waals surface area contributed by atoms with E-state index in [4.69, 9.17) is 9.16 Å². The first-order chi connectivity index (χ1) is 14.1. The molecule has 0 radical (unpaired) electrons. The first-order valence-corrected chi connectivity index (χ1v) is 15.2. The zero-order valence-electron chi connectivity index (χ0n) is 21.1. The van der Waals surface area contributed by atoms with Crippen LogP contribution < -0.4 is 0 Å². The maximum Gasteiger partial charge on any atom is 0.330 e. The van der Waals surface area contributed by atoms with Gasteiger partial charge in [-0.2, -0.15) is 0 Å². The first kappa shape index (κ1) is 25.6. The van der Waals surface area contributed by atoms with Crippen LogP contribution in [-0.4, -0.2) is 27.0 Å². The highest BCUT2D eigenvalue weighted by atomic mass is 28.4. The van der Waals surface area contributed by atoms with E-state index in [0.29, 0.717) is 35.9 Å². The third-order valence-corrected chi connectivity index (χ3v) is 13.9. The molecule has 4 heteroatoms. The number of carbonyl (C=O) groups is 1. The van der Waals surface area contributed by atoms with Gasteiger partial charge in [-0.15, -0.1) is 0 Å². The van der Waals surface area contributed by atoms with Gasteiger partial charge in [0.25, 0.3) is 0 Å². The molecule has 174 valence electrons. The lowest BCUT2D eigenvalue weighted by atomic mass is 9.58. The molecule has 0 N–H and O–H groups in total. The summed E-state index contributed by atoms with van der Waals surface area (Å²) in [4.78, 5) is 11.9. The Hall–Kier alpha value is -0.613. The zero-order chi connectivity index (χ0) is 22.6. The van der Waals surface area contributed by atoms with Crippen LogP contribution in [0.5, 0.6) is 0 Å². The van der Waals surface area contributed by atoms with Gasteiger partial charge in [-0.3, -0.25) is 0 Å². The van der Waals surface area contributed by atoms with E-state index in [9.17, 15) is 4.79 Å². The standard InChI is InChI=1S/C26H48O3Si/c1-9-28-24(27)17-19-25(6,7)20(5)21-15-16-22-23(14-13-18-26(21,22)8)29-30(10-2,11-3)12-4/h17,19-23H,9-16,18H2,1-8H3/b19-17+/t20-,21-,22+,23+,26-/m1/s1. The van der Waals surface area contributed by atoms with Gasteiger partial charge >= 0.3 is 5.97 Å². The Morgan fingerprint density at radius 2 is 1.77 bits per heavy atom. The third kappa shape index (κ3) is 5.23. The Kier molecular flexibility index (Phi) is 8.84. The average Bonchev–Trinajstić information content (AvgIpc) is 3.08. The summed E-state index contributed by atoms with van der Waals surface area (Å²) in [7, 11) is -1.58. The van der Waals surface area contributed by atoms with Crippen molar-refractivity contribution in [1.29, 1.82) is 0 Å². The average molecular weight is 437 g/mol. The van der Waals surface area contributed by atoms with Crippen LogP contribution >= 0.6 is 0 Å². The number of ether oxygens (including phenoxy) is 1. The van der Waals surface area contributed by atoms with Gasteiger partial charge in [0, 0.05) is 12.2 Å². The van der Waals surface area contributed by atoms with E-state index in [1.165, 1.54) is 50.2 Å². The fourth-order valence-corrected chi connectivity index (χ4v) is 9.51. The molecule has 30 heavy (non-hydrogen) atoms. The number of hydrogen-bond acceptors (Lipinski definition) is 3. The van der Waals surface area contributed by atoms with Gasteiger partial charge in [-0.05, 0) is 79.3 Å². The van der Waals surface area contributed by atoms with Crippen molar-refractivity contribution in [2.75, 3.05) is 6.61 Å². The van der Waals surface area contributed by atoms with E-state index in [1.807, 2.05) is 6.92 Å². The van der Waals surface area contributed by atoms with E-state index < -0.39 is 8.32 Å². The van der Waals surface area contributed by atoms with Crippen molar-refractivity contribution in [2.45, 2.75) is 112 Å². The highest BCUT2D eigenvalue weighted by Gasteiger charge is 2.55. The number of allylic oxidation sites excluding steroid dienone is 1. The molecule has 0 saturated heterocycles. The molecule has 5 atom stereocenters. The summed E-state index contributed by atoms with van der Waals surface area (Å²) in [6.45, 7) is 18.8. The summed E-state index contributed by atoms with van der Waals surface area (Å²) < 4.78 is 12.2. The molecule has 0 heterocycles. The monoisotopic (exact) mass is 436 g/mol. The topological polar surface area (TPSA) is 35.5 Å². The predicted molar refractivity (Wildman–Crippen MR) is 129 cm³/mol. The Labute approximate surface area is 187 Å². The van der Waals surface area contributed by atoms with Crippen LogP contribution in [0.2, 0.25) is 18.1 Å². The fraction of sp³-hybridized carbons (Fsp3) is 0.885. The molecule has 3 nitrogen and oxygen atoms in total. The lowest BCUT2D eigenvalue weighted by Crippen LogP contribution is -2.49. The SMILES string of the molecule is CCOC(=O)/C=C/C(C)(C)[C@H](C)[C@H]1CC[C@H]2[C@@H](O[Si](CC)(CC)CC)CCC[C@]12C. The minimum atomic E-state index is -1.58. The van der Waals surface area contributed by atoms with E-state index >= 15 is 0 Å². The summed E-state index contributed by atoms with van der Waals surface area (Å²) >= 11 is 0. The van der Waals surface area contributed by atoms with Crippen LogP contribution in [0.25, 0.3) is 0 Å². The van der Waals surface area contributed by atoms with Crippen LogP contribution in [0.1, 0.15) is 87.5 Å². The van der Waals surface area contributed by atoms with E-state index in [1.54, 1.807) is 6.08 Å². The van der Waals surface area contributed by atoms with Crippen molar-refractivity contribution in [3.05, 3.63) is 12.2 Å².